The van der Waals surface area contributed by atoms with Gasteiger partial charge in [-0.25, -0.2) is 13.1 Å². The lowest BCUT2D eigenvalue weighted by Crippen LogP contribution is -2.38. The summed E-state index contributed by atoms with van der Waals surface area (Å²) in [6.45, 7) is 2.20. The Hall–Kier alpha value is -0.0800. The summed E-state index contributed by atoms with van der Waals surface area (Å²) in [5.41, 5.74) is 0.832. The van der Waals surface area contributed by atoms with Gasteiger partial charge in [0, 0.05) is 16.2 Å². The molecule has 0 bridgehead atoms. The second-order valence-electron chi connectivity index (χ2n) is 5.25. The zero-order valence-corrected chi connectivity index (χ0v) is 14.3. The summed E-state index contributed by atoms with van der Waals surface area (Å²) in [5.74, 6) is 0. The molecule has 1 aromatic rings. The Balaban J connectivity index is 2.10. The maximum Gasteiger partial charge on any atom is 0.250 e. The number of hydrogen-bond acceptors (Lipinski definition) is 5. The van der Waals surface area contributed by atoms with Gasteiger partial charge in [-0.2, -0.15) is 11.8 Å². The lowest BCUT2D eigenvalue weighted by Gasteiger charge is -2.26. The second kappa shape index (κ2) is 6.36. The van der Waals surface area contributed by atoms with Gasteiger partial charge < -0.3 is 5.11 Å². The first-order valence-electron chi connectivity index (χ1n) is 6.67. The number of rotatable bonds is 6. The van der Waals surface area contributed by atoms with E-state index in [0.29, 0.717) is 15.6 Å². The van der Waals surface area contributed by atoms with Crippen molar-refractivity contribution in [3.63, 3.8) is 0 Å². The van der Waals surface area contributed by atoms with Gasteiger partial charge >= 0.3 is 0 Å². The Bertz CT molecular complexity index is 559. The van der Waals surface area contributed by atoms with Crippen molar-refractivity contribution in [1.29, 1.82) is 0 Å². The molecule has 4 nitrogen and oxygen atoms in total. The number of aliphatic hydroxyl groups is 1. The van der Waals surface area contributed by atoms with Gasteiger partial charge in [0.05, 0.1) is 6.61 Å². The second-order valence-corrected chi connectivity index (χ2v) is 9.65. The minimum Gasteiger partial charge on any atom is -0.391 e. The van der Waals surface area contributed by atoms with Crippen LogP contribution in [-0.2, 0) is 16.6 Å². The number of thioether (sulfide) groups is 1. The fourth-order valence-electron chi connectivity index (χ4n) is 2.55. The number of aryl methyl sites for hydroxylation is 1. The normalized spacial score (nSPS) is 18.6. The van der Waals surface area contributed by atoms with Crippen molar-refractivity contribution >= 4 is 33.1 Å². The van der Waals surface area contributed by atoms with Crippen molar-refractivity contribution < 1.29 is 13.5 Å². The third-order valence-electron chi connectivity index (χ3n) is 3.94. The molecule has 20 heavy (non-hydrogen) atoms. The highest BCUT2D eigenvalue weighted by molar-refractivity contribution is 8.00. The van der Waals surface area contributed by atoms with Gasteiger partial charge in [-0.05, 0) is 37.7 Å². The van der Waals surface area contributed by atoms with Crippen molar-refractivity contribution in [3.05, 3.63) is 16.5 Å². The van der Waals surface area contributed by atoms with Crippen LogP contribution in [-0.4, -0.2) is 31.1 Å². The SMILES string of the molecule is CSC1(CNS(=O)(=O)c2cc(C)c(CO)s2)CCCC1. The van der Waals surface area contributed by atoms with Crippen molar-refractivity contribution in [2.24, 2.45) is 0 Å². The van der Waals surface area contributed by atoms with Crippen LogP contribution < -0.4 is 4.72 Å². The lowest BCUT2D eigenvalue weighted by molar-refractivity contribution is 0.285. The molecule has 0 unspecified atom stereocenters. The van der Waals surface area contributed by atoms with Crippen LogP contribution >= 0.6 is 23.1 Å². The van der Waals surface area contributed by atoms with E-state index < -0.39 is 10.0 Å². The predicted octanol–water partition coefficient (Wildman–Crippen LogP) is 2.50. The molecule has 0 spiro atoms. The third-order valence-corrected chi connectivity index (χ3v) is 8.45. The highest BCUT2D eigenvalue weighted by atomic mass is 32.2. The quantitative estimate of drug-likeness (QED) is 0.838. The molecule has 1 heterocycles. The monoisotopic (exact) mass is 335 g/mol. The van der Waals surface area contributed by atoms with E-state index in [1.807, 2.05) is 6.92 Å². The van der Waals surface area contributed by atoms with E-state index >= 15 is 0 Å². The van der Waals surface area contributed by atoms with E-state index in [0.717, 1.165) is 29.7 Å². The number of hydrogen-bond donors (Lipinski definition) is 2. The maximum absolute atomic E-state index is 12.3. The molecule has 0 radical (unpaired) electrons. The van der Waals surface area contributed by atoms with Crippen LogP contribution in [0.5, 0.6) is 0 Å². The number of sulfonamides is 1. The van der Waals surface area contributed by atoms with Crippen LogP contribution in [0.2, 0.25) is 0 Å². The molecule has 0 saturated heterocycles. The fourth-order valence-corrected chi connectivity index (χ4v) is 6.17. The van der Waals surface area contributed by atoms with Gasteiger partial charge in [0.1, 0.15) is 4.21 Å². The number of aliphatic hydroxyl groups excluding tert-OH is 1. The van der Waals surface area contributed by atoms with E-state index in [9.17, 15) is 13.5 Å². The molecule has 2 rings (SSSR count). The Morgan fingerprint density at radius 1 is 1.45 bits per heavy atom. The molecule has 7 heteroatoms. The van der Waals surface area contributed by atoms with Crippen LogP contribution in [0.1, 0.15) is 36.1 Å². The van der Waals surface area contributed by atoms with Crippen LogP contribution in [0.3, 0.4) is 0 Å². The van der Waals surface area contributed by atoms with E-state index in [-0.39, 0.29) is 11.4 Å². The fraction of sp³-hybridized carbons (Fsp3) is 0.692. The van der Waals surface area contributed by atoms with Gasteiger partial charge in [0.15, 0.2) is 0 Å². The van der Waals surface area contributed by atoms with Crippen molar-refractivity contribution in [3.8, 4) is 0 Å². The summed E-state index contributed by atoms with van der Waals surface area (Å²) in [4.78, 5) is 0.714. The summed E-state index contributed by atoms with van der Waals surface area (Å²) >= 11 is 2.91. The van der Waals surface area contributed by atoms with E-state index in [2.05, 4.69) is 11.0 Å². The first-order chi connectivity index (χ1) is 9.42. The average molecular weight is 336 g/mol. The first-order valence-corrected chi connectivity index (χ1v) is 10.2. The standard InChI is InChI=1S/C13H21NO3S3/c1-10-7-12(19-11(10)8-15)20(16,17)14-9-13(18-2)5-3-4-6-13/h7,14-15H,3-6,8-9H2,1-2H3. The summed E-state index contributed by atoms with van der Waals surface area (Å²) in [7, 11) is -3.46. The molecule has 1 aromatic heterocycles. The molecule has 0 amide bonds. The highest BCUT2D eigenvalue weighted by Gasteiger charge is 2.34. The van der Waals surface area contributed by atoms with Crippen molar-refractivity contribution in [2.45, 2.75) is 48.2 Å². The van der Waals surface area contributed by atoms with Gasteiger partial charge in [-0.1, -0.05) is 12.8 Å². The van der Waals surface area contributed by atoms with Gasteiger partial charge in [0.25, 0.3) is 0 Å². The lowest BCUT2D eigenvalue weighted by atomic mass is 10.1. The Morgan fingerprint density at radius 2 is 2.10 bits per heavy atom. The molecule has 0 atom stereocenters. The van der Waals surface area contributed by atoms with Crippen LogP contribution in [0.15, 0.2) is 10.3 Å². The number of thiophene rings is 1. The van der Waals surface area contributed by atoms with Gasteiger partial charge in [-0.15, -0.1) is 11.3 Å². The smallest absolute Gasteiger partial charge is 0.250 e. The van der Waals surface area contributed by atoms with E-state index in [4.69, 9.17) is 0 Å². The molecule has 1 saturated carbocycles. The predicted molar refractivity (Wildman–Crippen MR) is 84.9 cm³/mol. The summed E-state index contributed by atoms with van der Waals surface area (Å²) in [6, 6.07) is 1.64. The summed E-state index contributed by atoms with van der Waals surface area (Å²) < 4.78 is 27.8. The molecule has 0 aromatic carbocycles. The Kier molecular flexibility index (Phi) is 5.18. The Morgan fingerprint density at radius 3 is 2.60 bits per heavy atom. The van der Waals surface area contributed by atoms with Crippen LogP contribution in [0.25, 0.3) is 0 Å². The minimum atomic E-state index is -3.46. The summed E-state index contributed by atoms with van der Waals surface area (Å²) in [6.07, 6.45) is 6.55. The average Bonchev–Trinajstić information content (AvgIpc) is 3.04. The topological polar surface area (TPSA) is 66.4 Å². The molecule has 1 aliphatic carbocycles. The highest BCUT2D eigenvalue weighted by Crippen LogP contribution is 2.40. The summed E-state index contributed by atoms with van der Waals surface area (Å²) in [5, 5.41) is 9.17. The Labute approximate surface area is 129 Å². The van der Waals surface area contributed by atoms with E-state index in [1.165, 1.54) is 12.8 Å². The van der Waals surface area contributed by atoms with Crippen molar-refractivity contribution in [1.82, 2.24) is 4.72 Å². The largest absolute Gasteiger partial charge is 0.391 e. The number of nitrogens with one attached hydrogen (secondary N) is 1. The van der Waals surface area contributed by atoms with Crippen molar-refractivity contribution in [2.75, 3.05) is 12.8 Å². The molecule has 0 aliphatic heterocycles. The maximum atomic E-state index is 12.3. The van der Waals surface area contributed by atoms with Gasteiger partial charge in [-0.3, -0.25) is 0 Å². The molecular weight excluding hydrogens is 314 g/mol. The molecule has 1 aliphatic rings. The molecule has 114 valence electrons. The zero-order chi connectivity index (χ0) is 14.8. The van der Waals surface area contributed by atoms with E-state index in [1.54, 1.807) is 17.8 Å². The molecule has 2 N–H and O–H groups in total. The molecular formula is C13H21NO3S3. The van der Waals surface area contributed by atoms with Crippen LogP contribution in [0.4, 0.5) is 0 Å². The molecule has 1 fully saturated rings. The van der Waals surface area contributed by atoms with Gasteiger partial charge in [0.2, 0.25) is 10.0 Å². The third kappa shape index (κ3) is 3.39. The van der Waals surface area contributed by atoms with Crippen LogP contribution in [0, 0.1) is 6.92 Å². The first kappa shape index (κ1) is 16.3. The zero-order valence-electron chi connectivity index (χ0n) is 11.8. The minimum absolute atomic E-state index is 0.0547.